The molecule has 2 rings (SSSR count). The number of carboxylic acid groups (broad SMARTS) is 1. The molecule has 0 aromatic heterocycles. The number of carbonyl (C=O) groups is 2. The molecule has 1 aliphatic heterocycles. The lowest BCUT2D eigenvalue weighted by atomic mass is 9.82. The van der Waals surface area contributed by atoms with Gasteiger partial charge in [0, 0.05) is 13.1 Å². The summed E-state index contributed by atoms with van der Waals surface area (Å²) in [5, 5.41) is 12.1. The first-order chi connectivity index (χ1) is 9.68. The Balaban J connectivity index is 1.75. The minimum Gasteiger partial charge on any atom is -0.481 e. The summed E-state index contributed by atoms with van der Waals surface area (Å²) >= 11 is 0. The maximum atomic E-state index is 12.1. The van der Waals surface area contributed by atoms with E-state index in [-0.39, 0.29) is 5.91 Å². The lowest BCUT2D eigenvalue weighted by Gasteiger charge is -2.27. The molecule has 1 fully saturated rings. The van der Waals surface area contributed by atoms with Gasteiger partial charge in [-0.2, -0.15) is 0 Å². The van der Waals surface area contributed by atoms with Crippen molar-refractivity contribution in [2.75, 3.05) is 26.2 Å². The van der Waals surface area contributed by atoms with Gasteiger partial charge < -0.3 is 15.3 Å². The molecule has 1 heterocycles. The molecule has 2 aliphatic rings. The largest absolute Gasteiger partial charge is 0.481 e. The second kappa shape index (κ2) is 7.43. The summed E-state index contributed by atoms with van der Waals surface area (Å²) in [4.78, 5) is 25.7. The van der Waals surface area contributed by atoms with Gasteiger partial charge in [-0.05, 0) is 38.8 Å². The molecule has 20 heavy (non-hydrogen) atoms. The molecule has 5 heteroatoms. The number of rotatable bonds is 5. The summed E-state index contributed by atoms with van der Waals surface area (Å²) in [5.41, 5.74) is 0. The molecule has 1 aliphatic carbocycles. The Morgan fingerprint density at radius 1 is 1.10 bits per heavy atom. The first kappa shape index (κ1) is 15.0. The number of nitrogens with zero attached hydrogens (tertiary/aromatic N) is 1. The maximum absolute atomic E-state index is 12.1. The van der Waals surface area contributed by atoms with Crippen molar-refractivity contribution in [3.8, 4) is 0 Å². The van der Waals surface area contributed by atoms with E-state index in [1.807, 2.05) is 12.2 Å². The van der Waals surface area contributed by atoms with Crippen LogP contribution in [-0.2, 0) is 9.59 Å². The summed E-state index contributed by atoms with van der Waals surface area (Å²) in [5.74, 6) is -1.97. The predicted molar refractivity (Wildman–Crippen MR) is 76.3 cm³/mol. The Labute approximate surface area is 120 Å². The van der Waals surface area contributed by atoms with Crippen LogP contribution in [0, 0.1) is 11.8 Å². The summed E-state index contributed by atoms with van der Waals surface area (Å²) < 4.78 is 0. The van der Waals surface area contributed by atoms with Gasteiger partial charge in [-0.1, -0.05) is 18.6 Å². The highest BCUT2D eigenvalue weighted by Gasteiger charge is 2.33. The molecule has 0 spiro atoms. The van der Waals surface area contributed by atoms with Crippen molar-refractivity contribution in [2.24, 2.45) is 11.8 Å². The van der Waals surface area contributed by atoms with Gasteiger partial charge in [-0.3, -0.25) is 9.59 Å². The molecule has 5 nitrogen and oxygen atoms in total. The number of aliphatic carboxylic acids is 1. The molecule has 0 radical (unpaired) electrons. The van der Waals surface area contributed by atoms with Crippen LogP contribution in [0.3, 0.4) is 0 Å². The topological polar surface area (TPSA) is 69.6 Å². The van der Waals surface area contributed by atoms with Crippen LogP contribution in [0.2, 0.25) is 0 Å². The van der Waals surface area contributed by atoms with Crippen LogP contribution in [0.4, 0.5) is 0 Å². The molecule has 1 saturated heterocycles. The third-order valence-electron chi connectivity index (χ3n) is 4.26. The molecule has 0 saturated carbocycles. The van der Waals surface area contributed by atoms with E-state index < -0.39 is 17.8 Å². The van der Waals surface area contributed by atoms with E-state index in [4.69, 9.17) is 5.11 Å². The molecule has 2 atom stereocenters. The van der Waals surface area contributed by atoms with E-state index in [0.29, 0.717) is 19.4 Å². The second-order valence-corrected chi connectivity index (χ2v) is 5.69. The third kappa shape index (κ3) is 4.07. The smallest absolute Gasteiger partial charge is 0.307 e. The lowest BCUT2D eigenvalue weighted by Crippen LogP contribution is -2.42. The first-order valence-corrected chi connectivity index (χ1v) is 7.56. The van der Waals surface area contributed by atoms with Crippen LogP contribution in [0.1, 0.15) is 32.1 Å². The Hall–Kier alpha value is -1.36. The standard InChI is InChI=1S/C15H24N2O3/c18-14(12-6-2-3-7-13(12)15(19)20)16-8-11-17-9-4-1-5-10-17/h2-3,12-13H,1,4-11H2,(H,16,18)(H,19,20)/t12-,13+/m1/s1. The number of amides is 1. The highest BCUT2D eigenvalue weighted by atomic mass is 16.4. The van der Waals surface area contributed by atoms with Crippen LogP contribution in [0.25, 0.3) is 0 Å². The Morgan fingerprint density at radius 2 is 1.75 bits per heavy atom. The van der Waals surface area contributed by atoms with Gasteiger partial charge >= 0.3 is 5.97 Å². The third-order valence-corrected chi connectivity index (χ3v) is 4.26. The number of nitrogens with one attached hydrogen (secondary N) is 1. The predicted octanol–water partition coefficient (Wildman–Crippen LogP) is 1.26. The fourth-order valence-electron chi connectivity index (χ4n) is 3.03. The molecule has 0 unspecified atom stereocenters. The zero-order valence-electron chi connectivity index (χ0n) is 11.9. The fraction of sp³-hybridized carbons (Fsp3) is 0.733. The van der Waals surface area contributed by atoms with Gasteiger partial charge in [0.2, 0.25) is 5.91 Å². The summed E-state index contributed by atoms with van der Waals surface area (Å²) in [6.45, 7) is 3.71. The van der Waals surface area contributed by atoms with Gasteiger partial charge in [0.1, 0.15) is 0 Å². The van der Waals surface area contributed by atoms with Gasteiger partial charge in [0.15, 0.2) is 0 Å². The summed E-state index contributed by atoms with van der Waals surface area (Å²) in [6.07, 6.45) is 8.54. The monoisotopic (exact) mass is 280 g/mol. The molecule has 0 bridgehead atoms. The molecule has 112 valence electrons. The molecular formula is C15H24N2O3. The number of hydrogen-bond donors (Lipinski definition) is 2. The minimum atomic E-state index is -0.870. The van der Waals surface area contributed by atoms with Gasteiger partial charge in [0.25, 0.3) is 0 Å². The Bertz CT molecular complexity index is 375. The number of hydrogen-bond acceptors (Lipinski definition) is 3. The van der Waals surface area contributed by atoms with Crippen molar-refractivity contribution >= 4 is 11.9 Å². The first-order valence-electron chi connectivity index (χ1n) is 7.56. The van der Waals surface area contributed by atoms with E-state index >= 15 is 0 Å². The number of carboxylic acids is 1. The fourth-order valence-corrected chi connectivity index (χ4v) is 3.03. The van der Waals surface area contributed by atoms with Crippen LogP contribution < -0.4 is 5.32 Å². The van der Waals surface area contributed by atoms with E-state index in [0.717, 1.165) is 19.6 Å². The van der Waals surface area contributed by atoms with Gasteiger partial charge in [0.05, 0.1) is 11.8 Å². The highest BCUT2D eigenvalue weighted by Crippen LogP contribution is 2.25. The molecule has 1 amide bonds. The summed E-state index contributed by atoms with van der Waals surface area (Å²) in [7, 11) is 0. The van der Waals surface area contributed by atoms with E-state index in [2.05, 4.69) is 10.2 Å². The van der Waals surface area contributed by atoms with Crippen molar-refractivity contribution in [3.05, 3.63) is 12.2 Å². The van der Waals surface area contributed by atoms with Crippen LogP contribution in [0.15, 0.2) is 12.2 Å². The molecule has 0 aromatic carbocycles. The average molecular weight is 280 g/mol. The molecule has 2 N–H and O–H groups in total. The Morgan fingerprint density at radius 3 is 2.40 bits per heavy atom. The van der Waals surface area contributed by atoms with Crippen molar-refractivity contribution in [1.82, 2.24) is 10.2 Å². The van der Waals surface area contributed by atoms with Gasteiger partial charge in [-0.15, -0.1) is 0 Å². The molecular weight excluding hydrogens is 256 g/mol. The van der Waals surface area contributed by atoms with E-state index in [1.165, 1.54) is 19.3 Å². The van der Waals surface area contributed by atoms with Crippen molar-refractivity contribution in [3.63, 3.8) is 0 Å². The SMILES string of the molecule is O=C(O)[C@H]1CC=CC[C@H]1C(=O)NCCN1CCCCC1. The lowest BCUT2D eigenvalue weighted by molar-refractivity contribution is -0.147. The zero-order valence-corrected chi connectivity index (χ0v) is 11.9. The van der Waals surface area contributed by atoms with Crippen LogP contribution >= 0.6 is 0 Å². The highest BCUT2D eigenvalue weighted by molar-refractivity contribution is 5.85. The van der Waals surface area contributed by atoms with Crippen LogP contribution in [0.5, 0.6) is 0 Å². The maximum Gasteiger partial charge on any atom is 0.307 e. The van der Waals surface area contributed by atoms with Crippen LogP contribution in [-0.4, -0.2) is 48.1 Å². The minimum absolute atomic E-state index is 0.112. The van der Waals surface area contributed by atoms with E-state index in [9.17, 15) is 9.59 Å². The number of piperidine rings is 1. The summed E-state index contributed by atoms with van der Waals surface area (Å²) in [6, 6.07) is 0. The Kier molecular flexibility index (Phi) is 5.59. The number of likely N-dealkylation sites (tertiary alicyclic amines) is 1. The number of allylic oxidation sites excluding steroid dienone is 2. The van der Waals surface area contributed by atoms with E-state index in [1.54, 1.807) is 0 Å². The van der Waals surface area contributed by atoms with Crippen molar-refractivity contribution in [1.29, 1.82) is 0 Å². The second-order valence-electron chi connectivity index (χ2n) is 5.69. The van der Waals surface area contributed by atoms with Crippen molar-refractivity contribution < 1.29 is 14.7 Å². The zero-order chi connectivity index (χ0) is 14.4. The van der Waals surface area contributed by atoms with Gasteiger partial charge in [-0.25, -0.2) is 0 Å². The molecule has 0 aromatic rings. The normalized spacial score (nSPS) is 27.2. The average Bonchev–Trinajstić information content (AvgIpc) is 2.48. The number of carbonyl (C=O) groups excluding carboxylic acids is 1. The quantitative estimate of drug-likeness (QED) is 0.744. The van der Waals surface area contributed by atoms with Crippen molar-refractivity contribution in [2.45, 2.75) is 32.1 Å².